The van der Waals surface area contributed by atoms with Gasteiger partial charge in [0.2, 0.25) is 0 Å². The predicted molar refractivity (Wildman–Crippen MR) is 78.4 cm³/mol. The van der Waals surface area contributed by atoms with E-state index in [1.807, 2.05) is 6.07 Å². The van der Waals surface area contributed by atoms with Crippen molar-refractivity contribution in [2.75, 3.05) is 18.0 Å². The van der Waals surface area contributed by atoms with Crippen molar-refractivity contribution in [3.05, 3.63) is 35.4 Å². The number of piperidine rings is 1. The molecule has 0 unspecified atom stereocenters. The number of rotatable bonds is 2. The molecular weight excluding hydrogens is 236 g/mol. The maximum absolute atomic E-state index is 11.8. The monoisotopic (exact) mass is 256 g/mol. The van der Waals surface area contributed by atoms with E-state index in [4.69, 9.17) is 0 Å². The van der Waals surface area contributed by atoms with Crippen LogP contribution in [0.5, 0.6) is 0 Å². The number of nitrogens with zero attached hydrogens (tertiary/aromatic N) is 1. The van der Waals surface area contributed by atoms with Crippen LogP contribution in [0.15, 0.2) is 18.7 Å². The normalized spacial score (nSPS) is 18.5. The number of hydrogen-bond donors (Lipinski definition) is 1. The van der Waals surface area contributed by atoms with Gasteiger partial charge in [-0.25, -0.2) is 0 Å². The van der Waals surface area contributed by atoms with Gasteiger partial charge in [0.15, 0.2) is 0 Å². The second-order valence-electron chi connectivity index (χ2n) is 5.32. The molecule has 0 atom stereocenters. The Morgan fingerprint density at radius 1 is 1.26 bits per heavy atom. The topological polar surface area (TPSA) is 32.3 Å². The van der Waals surface area contributed by atoms with Crippen molar-refractivity contribution < 1.29 is 4.79 Å². The van der Waals surface area contributed by atoms with Crippen molar-refractivity contribution in [1.82, 2.24) is 5.32 Å². The highest BCUT2D eigenvalue weighted by atomic mass is 16.1. The lowest BCUT2D eigenvalue weighted by atomic mass is 9.96. The van der Waals surface area contributed by atoms with Crippen molar-refractivity contribution in [2.24, 2.45) is 0 Å². The molecule has 2 aliphatic rings. The third-order valence-electron chi connectivity index (χ3n) is 4.15. The van der Waals surface area contributed by atoms with Crippen molar-refractivity contribution in [1.29, 1.82) is 0 Å². The number of nitrogens with one attached hydrogen (secondary N) is 1. The largest absolute Gasteiger partial charge is 0.371 e. The molecule has 1 saturated heterocycles. The maximum Gasteiger partial charge on any atom is 0.256 e. The third kappa shape index (κ3) is 1.93. The Morgan fingerprint density at radius 2 is 2.00 bits per heavy atom. The summed E-state index contributed by atoms with van der Waals surface area (Å²) in [5.74, 6) is -0.0140. The van der Waals surface area contributed by atoms with Crippen LogP contribution in [0.2, 0.25) is 0 Å². The molecule has 0 aliphatic carbocycles. The fraction of sp³-hybridized carbons (Fsp3) is 0.438. The fourth-order valence-corrected chi connectivity index (χ4v) is 3.23. The Balaban J connectivity index is 2.09. The van der Waals surface area contributed by atoms with Gasteiger partial charge in [-0.05, 0) is 43.4 Å². The molecule has 1 amide bonds. The van der Waals surface area contributed by atoms with E-state index in [1.54, 1.807) is 0 Å². The molecule has 2 aliphatic heterocycles. The van der Waals surface area contributed by atoms with Crippen LogP contribution in [0.25, 0.3) is 5.70 Å². The minimum absolute atomic E-state index is 0.0140. The zero-order valence-corrected chi connectivity index (χ0v) is 11.5. The standard InChI is InChI=1S/C16H20N2O/c1-3-12-14(18-9-5-4-6-10-18)8-7-13-15(12)11(2)17-16(13)19/h7-8H,2-6,9-10H2,1H3,(H,17,19). The Kier molecular flexibility index (Phi) is 3.05. The highest BCUT2D eigenvalue weighted by molar-refractivity contribution is 6.10. The van der Waals surface area contributed by atoms with E-state index >= 15 is 0 Å². The zero-order chi connectivity index (χ0) is 13.4. The molecule has 1 aromatic carbocycles. The summed E-state index contributed by atoms with van der Waals surface area (Å²) in [5.41, 5.74) is 5.13. The van der Waals surface area contributed by atoms with Crippen LogP contribution in [-0.2, 0) is 6.42 Å². The van der Waals surface area contributed by atoms with Gasteiger partial charge in [-0.15, -0.1) is 0 Å². The van der Waals surface area contributed by atoms with E-state index in [1.165, 1.54) is 30.5 Å². The number of amides is 1. The summed E-state index contributed by atoms with van der Waals surface area (Å²) >= 11 is 0. The summed E-state index contributed by atoms with van der Waals surface area (Å²) in [7, 11) is 0. The number of fused-ring (bicyclic) bond motifs is 1. The van der Waals surface area contributed by atoms with Crippen LogP contribution in [0.3, 0.4) is 0 Å². The van der Waals surface area contributed by atoms with Gasteiger partial charge < -0.3 is 10.2 Å². The van der Waals surface area contributed by atoms with E-state index in [0.29, 0.717) is 0 Å². The molecule has 100 valence electrons. The molecule has 3 nitrogen and oxygen atoms in total. The average Bonchev–Trinajstić information content (AvgIpc) is 2.74. The minimum Gasteiger partial charge on any atom is -0.371 e. The van der Waals surface area contributed by atoms with Gasteiger partial charge in [-0.1, -0.05) is 13.5 Å². The lowest BCUT2D eigenvalue weighted by molar-refractivity contribution is 0.0981. The van der Waals surface area contributed by atoms with Gasteiger partial charge in [0.25, 0.3) is 5.91 Å². The SMILES string of the molecule is C=C1NC(=O)c2ccc(N3CCCCC3)c(CC)c21. The summed E-state index contributed by atoms with van der Waals surface area (Å²) in [6, 6.07) is 4.06. The molecule has 1 N–H and O–H groups in total. The predicted octanol–water partition coefficient (Wildman–Crippen LogP) is 2.95. The van der Waals surface area contributed by atoms with Crippen LogP contribution in [0.4, 0.5) is 5.69 Å². The Bertz CT molecular complexity index is 542. The summed E-state index contributed by atoms with van der Waals surface area (Å²) in [6.45, 7) is 8.39. The van der Waals surface area contributed by atoms with Crippen molar-refractivity contribution >= 4 is 17.3 Å². The van der Waals surface area contributed by atoms with E-state index in [9.17, 15) is 4.79 Å². The minimum atomic E-state index is -0.0140. The number of anilines is 1. The molecule has 0 radical (unpaired) electrons. The molecule has 2 heterocycles. The van der Waals surface area contributed by atoms with Crippen LogP contribution >= 0.6 is 0 Å². The van der Waals surface area contributed by atoms with Crippen molar-refractivity contribution in [3.8, 4) is 0 Å². The van der Waals surface area contributed by atoms with Gasteiger partial charge >= 0.3 is 0 Å². The fourth-order valence-electron chi connectivity index (χ4n) is 3.23. The lowest BCUT2D eigenvalue weighted by Gasteiger charge is -2.31. The first-order valence-electron chi connectivity index (χ1n) is 7.14. The molecule has 19 heavy (non-hydrogen) atoms. The summed E-state index contributed by atoms with van der Waals surface area (Å²) in [6.07, 6.45) is 4.79. The number of hydrogen-bond acceptors (Lipinski definition) is 2. The maximum atomic E-state index is 11.8. The number of carbonyl (C=O) groups is 1. The average molecular weight is 256 g/mol. The van der Waals surface area contributed by atoms with Gasteiger partial charge in [0.05, 0.1) is 0 Å². The molecule has 0 spiro atoms. The van der Waals surface area contributed by atoms with Gasteiger partial charge in [-0.2, -0.15) is 0 Å². The first-order valence-corrected chi connectivity index (χ1v) is 7.14. The Labute approximate surface area is 114 Å². The second kappa shape index (κ2) is 4.72. The molecule has 0 aromatic heterocycles. The van der Waals surface area contributed by atoms with Gasteiger partial charge in [-0.3, -0.25) is 4.79 Å². The van der Waals surface area contributed by atoms with Crippen LogP contribution in [0.1, 0.15) is 47.7 Å². The molecule has 0 saturated carbocycles. The highest BCUT2D eigenvalue weighted by Crippen LogP contribution is 2.35. The Morgan fingerprint density at radius 3 is 2.68 bits per heavy atom. The van der Waals surface area contributed by atoms with E-state index in [2.05, 4.69) is 29.8 Å². The lowest BCUT2D eigenvalue weighted by Crippen LogP contribution is -2.30. The van der Waals surface area contributed by atoms with Crippen LogP contribution in [-0.4, -0.2) is 19.0 Å². The summed E-state index contributed by atoms with van der Waals surface area (Å²) < 4.78 is 0. The van der Waals surface area contributed by atoms with Gasteiger partial charge in [0, 0.05) is 35.6 Å². The molecule has 0 bridgehead atoms. The van der Waals surface area contributed by atoms with Gasteiger partial charge in [0.1, 0.15) is 0 Å². The quantitative estimate of drug-likeness (QED) is 0.882. The molecular formula is C16H20N2O. The molecule has 1 fully saturated rings. The summed E-state index contributed by atoms with van der Waals surface area (Å²) in [5, 5.41) is 2.84. The first-order chi connectivity index (χ1) is 9.22. The van der Waals surface area contributed by atoms with Crippen LogP contribution < -0.4 is 10.2 Å². The highest BCUT2D eigenvalue weighted by Gasteiger charge is 2.27. The molecule has 3 rings (SSSR count). The molecule has 3 heteroatoms. The Hall–Kier alpha value is -1.77. The van der Waals surface area contributed by atoms with E-state index in [0.717, 1.165) is 36.3 Å². The zero-order valence-electron chi connectivity index (χ0n) is 11.5. The summed E-state index contributed by atoms with van der Waals surface area (Å²) in [4.78, 5) is 14.3. The molecule has 1 aromatic rings. The smallest absolute Gasteiger partial charge is 0.256 e. The van der Waals surface area contributed by atoms with E-state index in [-0.39, 0.29) is 5.91 Å². The number of carbonyl (C=O) groups excluding carboxylic acids is 1. The van der Waals surface area contributed by atoms with Crippen molar-refractivity contribution in [2.45, 2.75) is 32.6 Å². The first kappa shape index (κ1) is 12.3. The van der Waals surface area contributed by atoms with Crippen LogP contribution in [0, 0.1) is 0 Å². The van der Waals surface area contributed by atoms with E-state index < -0.39 is 0 Å². The third-order valence-corrected chi connectivity index (χ3v) is 4.15. The second-order valence-corrected chi connectivity index (χ2v) is 5.32. The number of benzene rings is 1. The van der Waals surface area contributed by atoms with Crippen molar-refractivity contribution in [3.63, 3.8) is 0 Å².